The zero-order valence-electron chi connectivity index (χ0n) is 18.7. The Morgan fingerprint density at radius 1 is 0.906 bits per heavy atom. The highest BCUT2D eigenvalue weighted by Crippen LogP contribution is 2.26. The van der Waals surface area contributed by atoms with Crippen LogP contribution < -0.4 is 5.32 Å². The molecule has 0 saturated carbocycles. The van der Waals surface area contributed by atoms with E-state index in [-0.39, 0.29) is 11.9 Å². The summed E-state index contributed by atoms with van der Waals surface area (Å²) in [6, 6.07) is 23.5. The molecule has 1 atom stereocenters. The summed E-state index contributed by atoms with van der Waals surface area (Å²) in [6.07, 6.45) is 3.36. The number of rotatable bonds is 8. The Morgan fingerprint density at radius 3 is 2.19 bits per heavy atom. The van der Waals surface area contributed by atoms with Gasteiger partial charge < -0.3 is 10.4 Å². The average molecular weight is 428 g/mol. The highest BCUT2D eigenvalue weighted by Gasteiger charge is 2.15. The molecule has 164 valence electrons. The van der Waals surface area contributed by atoms with E-state index in [9.17, 15) is 9.59 Å². The van der Waals surface area contributed by atoms with Crippen molar-refractivity contribution in [1.82, 2.24) is 5.32 Å². The van der Waals surface area contributed by atoms with Gasteiger partial charge in [0.1, 0.15) is 0 Å². The van der Waals surface area contributed by atoms with E-state index in [2.05, 4.69) is 31.3 Å². The van der Waals surface area contributed by atoms with Crippen LogP contribution in [0.2, 0.25) is 0 Å². The third-order valence-corrected chi connectivity index (χ3v) is 5.46. The molecule has 0 aromatic heterocycles. The summed E-state index contributed by atoms with van der Waals surface area (Å²) in [4.78, 5) is 24.2. The Labute approximate surface area is 189 Å². The lowest BCUT2D eigenvalue weighted by Gasteiger charge is -2.18. The first kappa shape index (κ1) is 23.0. The summed E-state index contributed by atoms with van der Waals surface area (Å²) < 4.78 is 0. The second-order valence-corrected chi connectivity index (χ2v) is 8.14. The Hall–Kier alpha value is -3.66. The van der Waals surface area contributed by atoms with E-state index in [0.717, 1.165) is 29.2 Å². The van der Waals surface area contributed by atoms with E-state index in [1.165, 1.54) is 11.6 Å². The zero-order chi connectivity index (χ0) is 23.1. The first-order valence-electron chi connectivity index (χ1n) is 10.9. The number of aliphatic carboxylic acids is 1. The smallest absolute Gasteiger partial charge is 0.328 e. The van der Waals surface area contributed by atoms with Crippen LogP contribution in [0.4, 0.5) is 0 Å². The van der Waals surface area contributed by atoms with Crippen LogP contribution in [0, 0.1) is 0 Å². The van der Waals surface area contributed by atoms with Gasteiger partial charge in [0, 0.05) is 11.6 Å². The molecule has 0 bridgehead atoms. The van der Waals surface area contributed by atoms with Gasteiger partial charge in [-0.15, -0.1) is 0 Å². The molecule has 0 aliphatic carbocycles. The molecule has 0 unspecified atom stereocenters. The minimum Gasteiger partial charge on any atom is -0.478 e. The Balaban J connectivity index is 1.96. The summed E-state index contributed by atoms with van der Waals surface area (Å²) in [5.41, 5.74) is 5.29. The van der Waals surface area contributed by atoms with Gasteiger partial charge in [-0.2, -0.15) is 0 Å². The monoisotopic (exact) mass is 427 g/mol. The van der Waals surface area contributed by atoms with Crippen LogP contribution in [0.15, 0.2) is 78.9 Å². The van der Waals surface area contributed by atoms with Crippen molar-refractivity contribution in [2.24, 2.45) is 0 Å². The number of carboxylic acid groups (broad SMARTS) is 1. The molecule has 0 heterocycles. The number of carboxylic acids is 1. The molecule has 4 nitrogen and oxygen atoms in total. The first-order valence-corrected chi connectivity index (χ1v) is 10.9. The first-order chi connectivity index (χ1) is 15.4. The fourth-order valence-electron chi connectivity index (χ4n) is 3.62. The van der Waals surface area contributed by atoms with Gasteiger partial charge in [0.05, 0.1) is 6.04 Å². The molecule has 0 aliphatic heterocycles. The van der Waals surface area contributed by atoms with E-state index >= 15 is 0 Å². The molecule has 32 heavy (non-hydrogen) atoms. The number of nitrogens with one attached hydrogen (secondary N) is 1. The Kier molecular flexibility index (Phi) is 7.61. The number of hydrogen-bond acceptors (Lipinski definition) is 2. The maximum Gasteiger partial charge on any atom is 0.328 e. The number of amides is 1. The van der Waals surface area contributed by atoms with Gasteiger partial charge in [-0.25, -0.2) is 4.79 Å². The normalized spacial score (nSPS) is 12.1. The van der Waals surface area contributed by atoms with Gasteiger partial charge >= 0.3 is 5.97 Å². The van der Waals surface area contributed by atoms with Crippen LogP contribution in [0.5, 0.6) is 0 Å². The molecule has 0 saturated heterocycles. The summed E-state index contributed by atoms with van der Waals surface area (Å²) in [5, 5.41) is 12.1. The van der Waals surface area contributed by atoms with Crippen LogP contribution >= 0.6 is 0 Å². The fourth-order valence-corrected chi connectivity index (χ4v) is 3.62. The maximum atomic E-state index is 13.2. The minimum absolute atomic E-state index is 0.101. The van der Waals surface area contributed by atoms with Gasteiger partial charge in [-0.3, -0.25) is 4.79 Å². The highest BCUT2D eigenvalue weighted by atomic mass is 16.4. The average Bonchev–Trinajstić information content (AvgIpc) is 2.81. The number of carbonyl (C=O) groups excluding carboxylic acids is 1. The van der Waals surface area contributed by atoms with Crippen molar-refractivity contribution in [3.8, 4) is 11.1 Å². The van der Waals surface area contributed by atoms with Crippen LogP contribution in [-0.4, -0.2) is 17.0 Å². The zero-order valence-corrected chi connectivity index (χ0v) is 18.7. The SMILES string of the molecule is CC[C@@H](NC(=O)c1cc(/C=C/C(=O)O)cc(-c2ccc(C(C)C)cc2)c1)c1ccccc1. The van der Waals surface area contributed by atoms with Crippen molar-refractivity contribution in [1.29, 1.82) is 0 Å². The lowest BCUT2D eigenvalue weighted by Crippen LogP contribution is -2.28. The predicted molar refractivity (Wildman–Crippen MR) is 130 cm³/mol. The van der Waals surface area contributed by atoms with Crippen molar-refractivity contribution >= 4 is 18.0 Å². The topological polar surface area (TPSA) is 66.4 Å². The molecule has 3 aromatic carbocycles. The Bertz CT molecular complexity index is 1100. The summed E-state index contributed by atoms with van der Waals surface area (Å²) in [7, 11) is 0. The van der Waals surface area contributed by atoms with Crippen LogP contribution in [0.1, 0.15) is 66.2 Å². The number of carbonyl (C=O) groups is 2. The van der Waals surface area contributed by atoms with Gasteiger partial charge in [-0.05, 0) is 64.4 Å². The molecule has 4 heteroatoms. The van der Waals surface area contributed by atoms with Crippen LogP contribution in [0.25, 0.3) is 17.2 Å². The molecular formula is C28H29NO3. The highest BCUT2D eigenvalue weighted by molar-refractivity contribution is 5.97. The molecule has 2 N–H and O–H groups in total. The second-order valence-electron chi connectivity index (χ2n) is 8.14. The van der Waals surface area contributed by atoms with Gasteiger partial charge in [-0.1, -0.05) is 75.4 Å². The largest absolute Gasteiger partial charge is 0.478 e. The summed E-state index contributed by atoms with van der Waals surface area (Å²) >= 11 is 0. The van der Waals surface area contributed by atoms with E-state index in [0.29, 0.717) is 17.0 Å². The molecule has 1 amide bonds. The number of benzene rings is 3. The van der Waals surface area contributed by atoms with Gasteiger partial charge in [0.2, 0.25) is 0 Å². The minimum atomic E-state index is -1.03. The standard InChI is InChI=1S/C28H29NO3/c1-4-26(23-8-6-5-7-9-23)29-28(32)25-17-20(10-15-27(30)31)16-24(18-25)22-13-11-21(12-14-22)19(2)3/h5-19,26H,4H2,1-3H3,(H,29,32)(H,30,31)/b15-10+/t26-/m1/s1. The van der Waals surface area contributed by atoms with E-state index in [1.807, 2.05) is 61.5 Å². The van der Waals surface area contributed by atoms with E-state index in [4.69, 9.17) is 5.11 Å². The second kappa shape index (κ2) is 10.6. The summed E-state index contributed by atoms with van der Waals surface area (Å²) in [5.74, 6) is -0.789. The van der Waals surface area contributed by atoms with Crippen molar-refractivity contribution in [2.45, 2.75) is 39.2 Å². The predicted octanol–water partition coefficient (Wildman–Crippen LogP) is 6.46. The molecule has 0 fully saturated rings. The maximum absolute atomic E-state index is 13.2. The lowest BCUT2D eigenvalue weighted by atomic mass is 9.95. The van der Waals surface area contributed by atoms with Crippen molar-refractivity contribution in [3.05, 3.63) is 101 Å². The quantitative estimate of drug-likeness (QED) is 0.406. The molecule has 0 spiro atoms. The van der Waals surface area contributed by atoms with E-state index in [1.54, 1.807) is 6.07 Å². The Morgan fingerprint density at radius 2 is 1.59 bits per heavy atom. The van der Waals surface area contributed by atoms with Crippen molar-refractivity contribution in [2.75, 3.05) is 0 Å². The molecule has 3 aromatic rings. The molecular weight excluding hydrogens is 398 g/mol. The fraction of sp³-hybridized carbons (Fsp3) is 0.214. The van der Waals surface area contributed by atoms with Gasteiger partial charge in [0.15, 0.2) is 0 Å². The third kappa shape index (κ3) is 5.94. The molecule has 3 rings (SSSR count). The molecule has 0 radical (unpaired) electrons. The van der Waals surface area contributed by atoms with Crippen molar-refractivity contribution < 1.29 is 14.7 Å². The molecule has 0 aliphatic rings. The van der Waals surface area contributed by atoms with Crippen LogP contribution in [0.3, 0.4) is 0 Å². The number of hydrogen-bond donors (Lipinski definition) is 2. The van der Waals surface area contributed by atoms with Crippen molar-refractivity contribution in [3.63, 3.8) is 0 Å². The van der Waals surface area contributed by atoms with Gasteiger partial charge in [0.25, 0.3) is 5.91 Å². The summed E-state index contributed by atoms with van der Waals surface area (Å²) in [6.45, 7) is 6.32. The lowest BCUT2D eigenvalue weighted by molar-refractivity contribution is -0.131. The van der Waals surface area contributed by atoms with E-state index < -0.39 is 5.97 Å². The third-order valence-electron chi connectivity index (χ3n) is 5.46. The van der Waals surface area contributed by atoms with Crippen LogP contribution in [-0.2, 0) is 4.79 Å².